The SMILES string of the molecule is Cc1ccc(CSc2nnc(N3C(=O)C(O)=C(C(=O)c4ccc(C)o4)[C@@H]3c3ccco3)s2)cc1. The number of anilines is 1. The molecule has 0 bridgehead atoms. The lowest BCUT2D eigenvalue weighted by molar-refractivity contribution is -0.117. The highest BCUT2D eigenvalue weighted by molar-refractivity contribution is 8.00. The van der Waals surface area contributed by atoms with Crippen LogP contribution >= 0.6 is 23.1 Å². The Kier molecular flexibility index (Phi) is 5.84. The molecular weight excluding hydrogens is 474 g/mol. The van der Waals surface area contributed by atoms with Crippen LogP contribution in [0.1, 0.15) is 39.2 Å². The lowest BCUT2D eigenvalue weighted by Crippen LogP contribution is -2.30. The molecule has 4 heterocycles. The molecule has 1 amide bonds. The number of thioether (sulfide) groups is 1. The number of aliphatic hydroxyl groups is 1. The summed E-state index contributed by atoms with van der Waals surface area (Å²) in [5, 5.41) is 19.3. The normalized spacial score (nSPS) is 16.0. The highest BCUT2D eigenvalue weighted by Gasteiger charge is 2.48. The summed E-state index contributed by atoms with van der Waals surface area (Å²) in [7, 11) is 0. The van der Waals surface area contributed by atoms with Crippen molar-refractivity contribution >= 4 is 39.9 Å². The van der Waals surface area contributed by atoms with Crippen LogP contribution in [0, 0.1) is 13.8 Å². The number of Topliss-reactive ketones (excluding diaryl/α,β-unsaturated/α-hetero) is 1. The fourth-order valence-corrected chi connectivity index (χ4v) is 5.45. The van der Waals surface area contributed by atoms with Crippen molar-refractivity contribution in [2.24, 2.45) is 0 Å². The molecule has 0 fully saturated rings. The van der Waals surface area contributed by atoms with E-state index in [0.717, 1.165) is 5.56 Å². The summed E-state index contributed by atoms with van der Waals surface area (Å²) in [5.74, 6) is -0.441. The quantitative estimate of drug-likeness (QED) is 0.207. The highest BCUT2D eigenvalue weighted by atomic mass is 32.2. The van der Waals surface area contributed by atoms with Gasteiger partial charge in [0.25, 0.3) is 5.91 Å². The van der Waals surface area contributed by atoms with Crippen LogP contribution in [0.4, 0.5) is 5.13 Å². The van der Waals surface area contributed by atoms with Crippen LogP contribution in [0.15, 0.2) is 79.3 Å². The van der Waals surface area contributed by atoms with Crippen LogP contribution in [0.3, 0.4) is 0 Å². The lowest BCUT2D eigenvalue weighted by Gasteiger charge is -2.21. The van der Waals surface area contributed by atoms with Crippen molar-refractivity contribution in [2.45, 2.75) is 30.0 Å². The molecule has 3 aromatic heterocycles. The first-order valence-corrected chi connectivity index (χ1v) is 12.2. The first-order valence-electron chi connectivity index (χ1n) is 10.4. The number of ketones is 1. The largest absolute Gasteiger partial charge is 0.503 e. The summed E-state index contributed by atoms with van der Waals surface area (Å²) in [6, 6.07) is 13.6. The van der Waals surface area contributed by atoms with Crippen molar-refractivity contribution in [3.8, 4) is 0 Å². The molecule has 0 radical (unpaired) electrons. The van der Waals surface area contributed by atoms with Gasteiger partial charge in [-0.05, 0) is 43.7 Å². The summed E-state index contributed by atoms with van der Waals surface area (Å²) in [6.07, 6.45) is 1.44. The average molecular weight is 494 g/mol. The fraction of sp³-hybridized carbons (Fsp3) is 0.167. The van der Waals surface area contributed by atoms with Gasteiger partial charge in [0, 0.05) is 5.75 Å². The second-order valence-corrected chi connectivity index (χ2v) is 9.90. The molecule has 1 N–H and O–H groups in total. The topological polar surface area (TPSA) is 110 Å². The van der Waals surface area contributed by atoms with E-state index < -0.39 is 23.5 Å². The second kappa shape index (κ2) is 8.96. The summed E-state index contributed by atoms with van der Waals surface area (Å²) in [5.41, 5.74) is 2.20. The minimum Gasteiger partial charge on any atom is -0.503 e. The van der Waals surface area contributed by atoms with Crippen molar-refractivity contribution in [3.05, 3.63) is 94.5 Å². The van der Waals surface area contributed by atoms with Gasteiger partial charge in [-0.15, -0.1) is 10.2 Å². The van der Waals surface area contributed by atoms with E-state index in [1.165, 1.54) is 45.9 Å². The number of amides is 1. The molecule has 172 valence electrons. The van der Waals surface area contributed by atoms with Gasteiger partial charge in [-0.3, -0.25) is 14.5 Å². The lowest BCUT2D eigenvalue weighted by atomic mass is 10.00. The van der Waals surface area contributed by atoms with Crippen LogP contribution in [0.25, 0.3) is 0 Å². The van der Waals surface area contributed by atoms with E-state index in [9.17, 15) is 14.7 Å². The van der Waals surface area contributed by atoms with Gasteiger partial charge in [0.15, 0.2) is 15.9 Å². The zero-order chi connectivity index (χ0) is 23.8. The van der Waals surface area contributed by atoms with E-state index in [4.69, 9.17) is 8.83 Å². The minimum atomic E-state index is -0.997. The summed E-state index contributed by atoms with van der Waals surface area (Å²) >= 11 is 2.70. The molecule has 5 rings (SSSR count). The van der Waals surface area contributed by atoms with Crippen molar-refractivity contribution in [2.75, 3.05) is 4.90 Å². The van der Waals surface area contributed by atoms with Crippen LogP contribution in [-0.2, 0) is 10.5 Å². The van der Waals surface area contributed by atoms with Gasteiger partial charge in [-0.2, -0.15) is 0 Å². The predicted octanol–water partition coefficient (Wildman–Crippen LogP) is 5.42. The third-order valence-corrected chi connectivity index (χ3v) is 7.44. The molecule has 0 unspecified atom stereocenters. The molecule has 1 aliphatic heterocycles. The van der Waals surface area contributed by atoms with Gasteiger partial charge in [0.05, 0.1) is 11.8 Å². The highest BCUT2D eigenvalue weighted by Crippen LogP contribution is 2.44. The monoisotopic (exact) mass is 493 g/mol. The maximum atomic E-state index is 13.2. The summed E-state index contributed by atoms with van der Waals surface area (Å²) in [6.45, 7) is 3.74. The second-order valence-electron chi connectivity index (χ2n) is 7.72. The van der Waals surface area contributed by atoms with Gasteiger partial charge >= 0.3 is 0 Å². The van der Waals surface area contributed by atoms with E-state index in [-0.39, 0.29) is 16.5 Å². The molecule has 8 nitrogen and oxygen atoms in total. The van der Waals surface area contributed by atoms with Crippen molar-refractivity contribution in [1.82, 2.24) is 10.2 Å². The van der Waals surface area contributed by atoms with E-state index in [2.05, 4.69) is 22.3 Å². The molecular formula is C24H19N3O5S2. The number of hydrogen-bond donors (Lipinski definition) is 1. The molecule has 34 heavy (non-hydrogen) atoms. The minimum absolute atomic E-state index is 0.0249. The number of aliphatic hydroxyl groups excluding tert-OH is 1. The Morgan fingerprint density at radius 1 is 1.15 bits per heavy atom. The first kappa shape index (κ1) is 22.2. The third kappa shape index (κ3) is 4.06. The maximum absolute atomic E-state index is 13.2. The van der Waals surface area contributed by atoms with Crippen molar-refractivity contribution in [1.29, 1.82) is 0 Å². The Morgan fingerprint density at radius 2 is 1.94 bits per heavy atom. The summed E-state index contributed by atoms with van der Waals surface area (Å²) in [4.78, 5) is 27.6. The molecule has 1 aromatic carbocycles. The fourth-order valence-electron chi connectivity index (χ4n) is 3.63. The van der Waals surface area contributed by atoms with Gasteiger partial charge in [0.2, 0.25) is 10.9 Å². The molecule has 10 heteroatoms. The Hall–Kier alpha value is -3.63. The number of carbonyl (C=O) groups is 2. The number of rotatable bonds is 7. The maximum Gasteiger partial charge on any atom is 0.296 e. The van der Waals surface area contributed by atoms with E-state index in [0.29, 0.717) is 21.6 Å². The summed E-state index contributed by atoms with van der Waals surface area (Å²) < 4.78 is 11.6. The molecule has 0 aliphatic carbocycles. The predicted molar refractivity (Wildman–Crippen MR) is 127 cm³/mol. The molecule has 1 aliphatic rings. The number of aromatic nitrogens is 2. The Morgan fingerprint density at radius 3 is 2.62 bits per heavy atom. The zero-order valence-corrected chi connectivity index (χ0v) is 19.9. The van der Waals surface area contributed by atoms with Gasteiger partial charge < -0.3 is 13.9 Å². The van der Waals surface area contributed by atoms with E-state index >= 15 is 0 Å². The molecule has 0 spiro atoms. The van der Waals surface area contributed by atoms with E-state index in [1.54, 1.807) is 25.1 Å². The van der Waals surface area contributed by atoms with Gasteiger partial charge in [-0.1, -0.05) is 52.9 Å². The van der Waals surface area contributed by atoms with Crippen LogP contribution in [0.2, 0.25) is 0 Å². The average Bonchev–Trinajstić information content (AvgIpc) is 3.62. The number of benzene rings is 1. The zero-order valence-electron chi connectivity index (χ0n) is 18.2. The number of carbonyl (C=O) groups excluding carboxylic acids is 2. The van der Waals surface area contributed by atoms with Gasteiger partial charge in [0.1, 0.15) is 17.6 Å². The molecule has 0 saturated heterocycles. The smallest absolute Gasteiger partial charge is 0.296 e. The van der Waals surface area contributed by atoms with Gasteiger partial charge in [-0.25, -0.2) is 0 Å². The molecule has 1 atom stereocenters. The first-order chi connectivity index (χ1) is 16.4. The number of aryl methyl sites for hydroxylation is 2. The Bertz CT molecular complexity index is 1390. The van der Waals surface area contributed by atoms with Crippen molar-refractivity contribution in [3.63, 3.8) is 0 Å². The Balaban J connectivity index is 1.45. The van der Waals surface area contributed by atoms with E-state index in [1.807, 2.05) is 19.1 Å². The third-order valence-electron chi connectivity index (χ3n) is 5.31. The Labute approximate surface area is 202 Å². The van der Waals surface area contributed by atoms with Crippen molar-refractivity contribution < 1.29 is 23.5 Å². The van der Waals surface area contributed by atoms with Crippen LogP contribution in [-0.4, -0.2) is 27.0 Å². The number of nitrogens with zero attached hydrogens (tertiary/aromatic N) is 3. The number of hydrogen-bond acceptors (Lipinski definition) is 9. The van der Waals surface area contributed by atoms with Crippen LogP contribution < -0.4 is 4.90 Å². The molecule has 4 aromatic rings. The van der Waals surface area contributed by atoms with Crippen LogP contribution in [0.5, 0.6) is 0 Å². The number of furan rings is 2. The molecule has 0 saturated carbocycles. The standard InChI is InChI=1S/C24H19N3O5S2/c1-13-5-8-15(9-6-13)12-33-24-26-25-23(34-24)27-19(16-4-3-11-31-16)18(21(29)22(27)30)20(28)17-10-7-14(2)32-17/h3-11,19,29H,12H2,1-2H3/t19-/m0/s1.